The van der Waals surface area contributed by atoms with Crippen molar-refractivity contribution < 1.29 is 24.0 Å². The average molecular weight is 190 g/mol. The SMILES string of the molecule is O=C(O)C=CS(=O)/C=C/C(=O)O. The van der Waals surface area contributed by atoms with Gasteiger partial charge in [-0.2, -0.15) is 0 Å². The highest BCUT2D eigenvalue weighted by Gasteiger charge is 1.91. The summed E-state index contributed by atoms with van der Waals surface area (Å²) >= 11 is 0. The Bertz CT molecular complexity index is 239. The number of aliphatic carboxylic acids is 2. The molecule has 0 fully saturated rings. The van der Waals surface area contributed by atoms with E-state index in [1.54, 1.807) is 0 Å². The maximum absolute atomic E-state index is 10.7. The summed E-state index contributed by atoms with van der Waals surface area (Å²) in [6, 6.07) is 0. The molecular formula is C6H6O5S. The Kier molecular flexibility index (Phi) is 4.62. The quantitative estimate of drug-likeness (QED) is 0.605. The van der Waals surface area contributed by atoms with Gasteiger partial charge in [0.2, 0.25) is 0 Å². The predicted molar refractivity (Wildman–Crippen MR) is 41.7 cm³/mol. The Balaban J connectivity index is 4.07. The molecular weight excluding hydrogens is 184 g/mol. The molecule has 0 saturated carbocycles. The number of hydrogen-bond donors (Lipinski definition) is 2. The molecule has 0 aliphatic rings. The summed E-state index contributed by atoms with van der Waals surface area (Å²) in [6.45, 7) is 0. The molecule has 0 saturated heterocycles. The summed E-state index contributed by atoms with van der Waals surface area (Å²) in [7, 11) is -1.68. The van der Waals surface area contributed by atoms with Crippen molar-refractivity contribution in [1.82, 2.24) is 0 Å². The minimum atomic E-state index is -1.68. The monoisotopic (exact) mass is 190 g/mol. The Hall–Kier alpha value is -1.43. The molecule has 1 atom stereocenters. The van der Waals surface area contributed by atoms with Gasteiger partial charge in [0.25, 0.3) is 0 Å². The van der Waals surface area contributed by atoms with Gasteiger partial charge in [0.05, 0.1) is 10.8 Å². The number of hydrogen-bond acceptors (Lipinski definition) is 3. The Morgan fingerprint density at radius 2 is 1.33 bits per heavy atom. The lowest BCUT2D eigenvalue weighted by atomic mass is 10.7. The van der Waals surface area contributed by atoms with Gasteiger partial charge in [0.15, 0.2) is 0 Å². The van der Waals surface area contributed by atoms with Crippen molar-refractivity contribution in [2.45, 2.75) is 0 Å². The molecule has 0 aromatic heterocycles. The van der Waals surface area contributed by atoms with Gasteiger partial charge in [0.1, 0.15) is 0 Å². The van der Waals surface area contributed by atoms with Gasteiger partial charge < -0.3 is 10.2 Å². The highest BCUT2D eigenvalue weighted by Crippen LogP contribution is 1.87. The lowest BCUT2D eigenvalue weighted by molar-refractivity contribution is -0.132. The van der Waals surface area contributed by atoms with Crippen molar-refractivity contribution in [3.63, 3.8) is 0 Å². The fourth-order valence-electron chi connectivity index (χ4n) is 0.296. The average Bonchev–Trinajstić information content (AvgIpc) is 1.96. The van der Waals surface area contributed by atoms with E-state index in [4.69, 9.17) is 10.2 Å². The van der Waals surface area contributed by atoms with Crippen molar-refractivity contribution >= 4 is 22.7 Å². The van der Waals surface area contributed by atoms with Crippen LogP contribution in [0.1, 0.15) is 0 Å². The van der Waals surface area contributed by atoms with Gasteiger partial charge in [-0.05, 0) is 0 Å². The lowest BCUT2D eigenvalue weighted by Gasteiger charge is -1.81. The highest BCUT2D eigenvalue weighted by atomic mass is 32.2. The van der Waals surface area contributed by atoms with Gasteiger partial charge in [-0.25, -0.2) is 9.59 Å². The van der Waals surface area contributed by atoms with Gasteiger partial charge in [-0.1, -0.05) is 0 Å². The largest absolute Gasteiger partial charge is 0.478 e. The minimum Gasteiger partial charge on any atom is -0.478 e. The predicted octanol–water partition coefficient (Wildman–Crippen LogP) is -0.0683. The second-order valence-corrected chi connectivity index (χ2v) is 2.81. The molecule has 6 heteroatoms. The third kappa shape index (κ3) is 6.69. The molecule has 12 heavy (non-hydrogen) atoms. The lowest BCUT2D eigenvalue weighted by Crippen LogP contribution is -1.90. The van der Waals surface area contributed by atoms with Crippen LogP contribution < -0.4 is 0 Å². The molecule has 0 aromatic rings. The smallest absolute Gasteiger partial charge is 0.328 e. The van der Waals surface area contributed by atoms with E-state index in [0.717, 1.165) is 10.8 Å². The molecule has 0 bridgehead atoms. The van der Waals surface area contributed by atoms with Crippen LogP contribution in [-0.4, -0.2) is 26.4 Å². The molecule has 0 rings (SSSR count). The van der Waals surface area contributed by atoms with Crippen LogP contribution in [0.3, 0.4) is 0 Å². The molecule has 0 aliphatic heterocycles. The third-order valence-corrected chi connectivity index (χ3v) is 1.50. The molecule has 5 nitrogen and oxygen atoms in total. The summed E-state index contributed by atoms with van der Waals surface area (Å²) in [4.78, 5) is 19.8. The zero-order valence-electron chi connectivity index (χ0n) is 5.84. The summed E-state index contributed by atoms with van der Waals surface area (Å²) in [5, 5.41) is 17.9. The van der Waals surface area contributed by atoms with E-state index in [0.29, 0.717) is 12.2 Å². The Morgan fingerprint density at radius 1 is 1.00 bits per heavy atom. The van der Waals surface area contributed by atoms with E-state index in [1.807, 2.05) is 0 Å². The van der Waals surface area contributed by atoms with Crippen molar-refractivity contribution in [1.29, 1.82) is 0 Å². The molecule has 0 spiro atoms. The standard InChI is InChI=1S/C6H6O5S/c7-5(8)1-3-12(11)4-2-6(9)10/h1-4H,(H,7,8)(H,9,10)/b3-1+,4-2?. The number of carboxylic acid groups (broad SMARTS) is 2. The minimum absolute atomic E-state index is 0.683. The first-order valence-corrected chi connectivity index (χ1v) is 4.01. The zero-order valence-corrected chi connectivity index (χ0v) is 6.65. The van der Waals surface area contributed by atoms with E-state index in [-0.39, 0.29) is 0 Å². The molecule has 1 unspecified atom stereocenters. The summed E-state index contributed by atoms with van der Waals surface area (Å²) in [5.41, 5.74) is 0. The fourth-order valence-corrected chi connectivity index (χ4v) is 0.888. The fraction of sp³-hybridized carbons (Fsp3) is 0. The molecule has 0 heterocycles. The van der Waals surface area contributed by atoms with Crippen LogP contribution >= 0.6 is 0 Å². The second-order valence-electron chi connectivity index (χ2n) is 1.61. The maximum atomic E-state index is 10.7. The molecule has 2 N–H and O–H groups in total. The highest BCUT2D eigenvalue weighted by molar-refractivity contribution is 7.90. The first kappa shape index (κ1) is 10.6. The summed E-state index contributed by atoms with van der Waals surface area (Å²) in [5.74, 6) is -2.46. The number of rotatable bonds is 4. The molecule has 0 radical (unpaired) electrons. The molecule has 0 amide bonds. The third-order valence-electron chi connectivity index (χ3n) is 0.689. The van der Waals surface area contributed by atoms with Crippen molar-refractivity contribution in [3.8, 4) is 0 Å². The van der Waals surface area contributed by atoms with Crippen molar-refractivity contribution in [3.05, 3.63) is 23.0 Å². The zero-order chi connectivity index (χ0) is 9.56. The van der Waals surface area contributed by atoms with Crippen LogP contribution in [0.15, 0.2) is 23.0 Å². The van der Waals surface area contributed by atoms with Crippen molar-refractivity contribution in [2.24, 2.45) is 0 Å². The summed E-state index contributed by atoms with van der Waals surface area (Å²) < 4.78 is 10.7. The van der Waals surface area contributed by atoms with Crippen LogP contribution in [0.2, 0.25) is 0 Å². The number of carboxylic acids is 2. The van der Waals surface area contributed by atoms with E-state index >= 15 is 0 Å². The van der Waals surface area contributed by atoms with E-state index in [2.05, 4.69) is 0 Å². The van der Waals surface area contributed by atoms with Gasteiger partial charge in [-0.3, -0.25) is 4.21 Å². The van der Waals surface area contributed by atoms with E-state index in [9.17, 15) is 13.8 Å². The maximum Gasteiger partial charge on any atom is 0.328 e. The molecule has 66 valence electrons. The van der Waals surface area contributed by atoms with E-state index < -0.39 is 22.7 Å². The van der Waals surface area contributed by atoms with Crippen molar-refractivity contribution in [2.75, 3.05) is 0 Å². The topological polar surface area (TPSA) is 91.7 Å². The van der Waals surface area contributed by atoms with Crippen LogP contribution in [0.4, 0.5) is 0 Å². The molecule has 0 aromatic carbocycles. The van der Waals surface area contributed by atoms with Crippen LogP contribution in [0, 0.1) is 0 Å². The first-order valence-electron chi connectivity index (χ1n) is 2.74. The van der Waals surface area contributed by atoms with Gasteiger partial charge >= 0.3 is 11.9 Å². The molecule has 0 aliphatic carbocycles. The number of carbonyl (C=O) groups is 2. The Labute approximate surface area is 70.5 Å². The first-order chi connectivity index (χ1) is 5.52. The van der Waals surface area contributed by atoms with Crippen LogP contribution in [0.5, 0.6) is 0 Å². The van der Waals surface area contributed by atoms with Gasteiger partial charge in [-0.15, -0.1) is 0 Å². The Morgan fingerprint density at radius 3 is 1.58 bits per heavy atom. The van der Waals surface area contributed by atoms with E-state index in [1.165, 1.54) is 0 Å². The van der Waals surface area contributed by atoms with Crippen LogP contribution in [-0.2, 0) is 20.4 Å². The van der Waals surface area contributed by atoms with Crippen LogP contribution in [0.25, 0.3) is 0 Å². The normalized spacial score (nSPS) is 13.7. The van der Waals surface area contributed by atoms with Gasteiger partial charge in [0, 0.05) is 23.0 Å². The second kappa shape index (κ2) is 5.25. The summed E-state index contributed by atoms with van der Waals surface area (Å²) in [6.07, 6.45) is 1.37.